The molecular weight excluding hydrogens is 220 g/mol. The van der Waals surface area contributed by atoms with Gasteiger partial charge in [-0.2, -0.15) is 0 Å². The molecule has 2 N–H and O–H groups in total. The van der Waals surface area contributed by atoms with Gasteiger partial charge >= 0.3 is 0 Å². The predicted molar refractivity (Wildman–Crippen MR) is 66.7 cm³/mol. The first-order valence-electron chi connectivity index (χ1n) is 5.87. The molecule has 1 aromatic heterocycles. The second-order valence-corrected chi connectivity index (χ2v) is 5.22. The lowest BCUT2D eigenvalue weighted by Gasteiger charge is -2.10. The topological polar surface area (TPSA) is 41.1 Å². The van der Waals surface area contributed by atoms with Crippen LogP contribution in [0.25, 0.3) is 0 Å². The molecule has 4 heteroatoms. The third kappa shape index (κ3) is 3.61. The molecule has 0 spiro atoms. The summed E-state index contributed by atoms with van der Waals surface area (Å²) in [6.45, 7) is 1.96. The molecule has 1 amide bonds. The lowest BCUT2D eigenvalue weighted by atomic mass is 10.2. The van der Waals surface area contributed by atoms with E-state index in [1.807, 2.05) is 0 Å². The number of carbonyl (C=O) groups excluding carboxylic acids is 1. The van der Waals surface area contributed by atoms with Gasteiger partial charge in [-0.1, -0.05) is 6.07 Å². The lowest BCUT2D eigenvalue weighted by molar-refractivity contribution is -0.121. The maximum Gasteiger partial charge on any atom is 0.220 e. The van der Waals surface area contributed by atoms with Crippen LogP contribution in [0, 0.1) is 0 Å². The Bertz CT molecular complexity index is 318. The van der Waals surface area contributed by atoms with Gasteiger partial charge < -0.3 is 10.6 Å². The number of hydrogen-bond acceptors (Lipinski definition) is 3. The number of carbonyl (C=O) groups is 1. The molecular formula is C12H18N2OS. The van der Waals surface area contributed by atoms with E-state index in [2.05, 4.69) is 28.1 Å². The summed E-state index contributed by atoms with van der Waals surface area (Å²) < 4.78 is 0. The lowest BCUT2D eigenvalue weighted by Crippen LogP contribution is -2.36. The number of thiophene rings is 1. The van der Waals surface area contributed by atoms with Gasteiger partial charge in [0.25, 0.3) is 0 Å². The molecule has 2 heterocycles. The minimum absolute atomic E-state index is 0.199. The highest BCUT2D eigenvalue weighted by atomic mass is 32.1. The van der Waals surface area contributed by atoms with E-state index in [4.69, 9.17) is 0 Å². The molecule has 2 rings (SSSR count). The Kier molecular flexibility index (Phi) is 4.36. The zero-order chi connectivity index (χ0) is 11.2. The highest BCUT2D eigenvalue weighted by molar-refractivity contribution is 7.09. The molecule has 1 saturated heterocycles. The van der Waals surface area contributed by atoms with Crippen LogP contribution in [0.15, 0.2) is 17.5 Å². The van der Waals surface area contributed by atoms with E-state index < -0.39 is 0 Å². The average Bonchev–Trinajstić information content (AvgIpc) is 2.90. The summed E-state index contributed by atoms with van der Waals surface area (Å²) in [5.74, 6) is 0.199. The summed E-state index contributed by atoms with van der Waals surface area (Å²) in [5, 5.41) is 8.39. The van der Waals surface area contributed by atoms with E-state index in [0.29, 0.717) is 12.5 Å². The molecule has 1 aliphatic heterocycles. The quantitative estimate of drug-likeness (QED) is 0.817. The van der Waals surface area contributed by atoms with Gasteiger partial charge in [0.1, 0.15) is 0 Å². The predicted octanol–water partition coefficient (Wildman–Crippen LogP) is 1.55. The third-order valence-corrected chi connectivity index (χ3v) is 3.77. The van der Waals surface area contributed by atoms with Crippen molar-refractivity contribution in [3.8, 4) is 0 Å². The van der Waals surface area contributed by atoms with Crippen LogP contribution in [0.5, 0.6) is 0 Å². The molecule has 3 nitrogen and oxygen atoms in total. The molecule has 16 heavy (non-hydrogen) atoms. The molecule has 1 fully saturated rings. The summed E-state index contributed by atoms with van der Waals surface area (Å²) in [6.07, 6.45) is 3.69. The van der Waals surface area contributed by atoms with Crippen molar-refractivity contribution in [3.05, 3.63) is 22.4 Å². The standard InChI is InChI=1S/C12H18N2OS/c15-12(14-10-6-7-13-9-10)5-1-3-11-4-2-8-16-11/h2,4,8,10,13H,1,3,5-7,9H2,(H,14,15)/t10-/m0/s1. The van der Waals surface area contributed by atoms with Crippen molar-refractivity contribution in [2.75, 3.05) is 13.1 Å². The number of hydrogen-bond donors (Lipinski definition) is 2. The normalized spacial score (nSPS) is 19.9. The number of aryl methyl sites for hydroxylation is 1. The van der Waals surface area contributed by atoms with E-state index in [1.165, 1.54) is 4.88 Å². The van der Waals surface area contributed by atoms with E-state index >= 15 is 0 Å². The fourth-order valence-electron chi connectivity index (χ4n) is 1.96. The van der Waals surface area contributed by atoms with Crippen molar-refractivity contribution in [3.63, 3.8) is 0 Å². The van der Waals surface area contributed by atoms with Crippen LogP contribution < -0.4 is 10.6 Å². The maximum absolute atomic E-state index is 11.6. The Morgan fingerprint density at radius 2 is 2.56 bits per heavy atom. The van der Waals surface area contributed by atoms with E-state index in [9.17, 15) is 4.79 Å². The van der Waals surface area contributed by atoms with Crippen LogP contribution in [0.1, 0.15) is 24.1 Å². The molecule has 0 aromatic carbocycles. The Hall–Kier alpha value is -0.870. The fourth-order valence-corrected chi connectivity index (χ4v) is 2.71. The van der Waals surface area contributed by atoms with Crippen molar-refractivity contribution >= 4 is 17.2 Å². The summed E-state index contributed by atoms with van der Waals surface area (Å²) in [5.41, 5.74) is 0. The molecule has 1 aliphatic rings. The first-order chi connectivity index (χ1) is 7.84. The van der Waals surface area contributed by atoms with Crippen LogP contribution >= 0.6 is 11.3 Å². The number of rotatable bonds is 5. The summed E-state index contributed by atoms with van der Waals surface area (Å²) in [4.78, 5) is 13.0. The molecule has 1 atom stereocenters. The van der Waals surface area contributed by atoms with Crippen molar-refractivity contribution in [1.29, 1.82) is 0 Å². The SMILES string of the molecule is O=C(CCCc1cccs1)N[C@H]1CCNC1. The minimum Gasteiger partial charge on any atom is -0.352 e. The monoisotopic (exact) mass is 238 g/mol. The van der Waals surface area contributed by atoms with Crippen LogP contribution in [0.2, 0.25) is 0 Å². The second-order valence-electron chi connectivity index (χ2n) is 4.19. The molecule has 0 saturated carbocycles. The number of nitrogens with one attached hydrogen (secondary N) is 2. The van der Waals surface area contributed by atoms with Crippen LogP contribution in [-0.2, 0) is 11.2 Å². The van der Waals surface area contributed by atoms with Gasteiger partial charge in [0.2, 0.25) is 5.91 Å². The first-order valence-corrected chi connectivity index (χ1v) is 6.75. The highest BCUT2D eigenvalue weighted by Gasteiger charge is 2.15. The fraction of sp³-hybridized carbons (Fsp3) is 0.583. The molecule has 88 valence electrons. The van der Waals surface area contributed by atoms with Crippen LogP contribution in [0.3, 0.4) is 0 Å². The van der Waals surface area contributed by atoms with Gasteiger partial charge in [-0.3, -0.25) is 4.79 Å². The number of amides is 1. The van der Waals surface area contributed by atoms with Crippen molar-refractivity contribution < 1.29 is 4.79 Å². The molecule has 0 unspecified atom stereocenters. The van der Waals surface area contributed by atoms with Gasteiger partial charge in [0.05, 0.1) is 0 Å². The Labute approximate surface area is 100 Å². The van der Waals surface area contributed by atoms with Crippen molar-refractivity contribution in [2.45, 2.75) is 31.7 Å². The van der Waals surface area contributed by atoms with Gasteiger partial charge in [-0.25, -0.2) is 0 Å². The van der Waals surface area contributed by atoms with Crippen LogP contribution in [0.4, 0.5) is 0 Å². The average molecular weight is 238 g/mol. The van der Waals surface area contributed by atoms with Gasteiger partial charge in [0, 0.05) is 23.9 Å². The zero-order valence-electron chi connectivity index (χ0n) is 9.37. The van der Waals surface area contributed by atoms with E-state index in [-0.39, 0.29) is 5.91 Å². The summed E-state index contributed by atoms with van der Waals surface area (Å²) >= 11 is 1.77. The zero-order valence-corrected chi connectivity index (χ0v) is 10.2. The minimum atomic E-state index is 0.199. The highest BCUT2D eigenvalue weighted by Crippen LogP contribution is 2.11. The van der Waals surface area contributed by atoms with Crippen LogP contribution in [-0.4, -0.2) is 25.0 Å². The largest absolute Gasteiger partial charge is 0.352 e. The Morgan fingerprint density at radius 1 is 1.62 bits per heavy atom. The molecule has 0 radical (unpaired) electrons. The third-order valence-electron chi connectivity index (χ3n) is 2.83. The molecule has 0 aliphatic carbocycles. The molecule has 1 aromatic rings. The maximum atomic E-state index is 11.6. The van der Waals surface area contributed by atoms with Gasteiger partial charge in [-0.05, 0) is 37.3 Å². The first kappa shape index (κ1) is 11.6. The van der Waals surface area contributed by atoms with Crippen molar-refractivity contribution in [1.82, 2.24) is 10.6 Å². The van der Waals surface area contributed by atoms with E-state index in [0.717, 1.165) is 32.4 Å². The van der Waals surface area contributed by atoms with Crippen molar-refractivity contribution in [2.24, 2.45) is 0 Å². The summed E-state index contributed by atoms with van der Waals surface area (Å²) in [6, 6.07) is 4.54. The van der Waals surface area contributed by atoms with Gasteiger partial charge in [0.15, 0.2) is 0 Å². The Balaban J connectivity index is 1.60. The Morgan fingerprint density at radius 3 is 3.25 bits per heavy atom. The summed E-state index contributed by atoms with van der Waals surface area (Å²) in [7, 11) is 0. The second kappa shape index (κ2) is 6.01. The van der Waals surface area contributed by atoms with E-state index in [1.54, 1.807) is 11.3 Å². The molecule has 0 bridgehead atoms. The smallest absolute Gasteiger partial charge is 0.220 e. The van der Waals surface area contributed by atoms with Gasteiger partial charge in [-0.15, -0.1) is 11.3 Å².